The molecular weight excluding hydrogens is 393 g/mol. The summed E-state index contributed by atoms with van der Waals surface area (Å²) in [4.78, 5) is 39.5. The molecule has 1 aromatic heterocycles. The Kier molecular flexibility index (Phi) is 5.23. The number of benzene rings is 1. The molecule has 8 nitrogen and oxygen atoms in total. The first kappa shape index (κ1) is 20.3. The first-order chi connectivity index (χ1) is 14.3. The van der Waals surface area contributed by atoms with Crippen LogP contribution in [0.1, 0.15) is 36.2 Å². The molecule has 1 saturated carbocycles. The van der Waals surface area contributed by atoms with Gasteiger partial charge in [0.25, 0.3) is 0 Å². The number of carboxylic acid groups (broad SMARTS) is 1. The summed E-state index contributed by atoms with van der Waals surface area (Å²) in [5.74, 6) is -1.63. The van der Waals surface area contributed by atoms with E-state index in [1.165, 1.54) is 13.3 Å². The van der Waals surface area contributed by atoms with Gasteiger partial charge in [0.1, 0.15) is 17.0 Å². The van der Waals surface area contributed by atoms with Crippen LogP contribution in [0.15, 0.2) is 17.1 Å². The fourth-order valence-corrected chi connectivity index (χ4v) is 4.17. The van der Waals surface area contributed by atoms with E-state index in [0.717, 1.165) is 18.9 Å². The van der Waals surface area contributed by atoms with E-state index >= 15 is 4.39 Å². The second kappa shape index (κ2) is 7.71. The van der Waals surface area contributed by atoms with Gasteiger partial charge in [-0.05, 0) is 25.8 Å². The average molecular weight is 417 g/mol. The number of rotatable bonds is 6. The van der Waals surface area contributed by atoms with E-state index in [4.69, 9.17) is 4.74 Å². The van der Waals surface area contributed by atoms with Crippen LogP contribution in [-0.4, -0.2) is 66.2 Å². The van der Waals surface area contributed by atoms with Crippen LogP contribution in [0.25, 0.3) is 10.9 Å². The molecule has 2 fully saturated rings. The standard InChI is InChI=1S/C21H24FN3O5/c1-12(26)10-23-5-7-24(8-6-23)18-16(22)9-14-17(20(18)30-2)25(13-3-4-13)11-15(19(14)27)21(28)29/h9,11,13H,3-8,10H2,1-2H3,(H,28,29). The molecule has 4 rings (SSSR count). The molecule has 30 heavy (non-hydrogen) atoms. The van der Waals surface area contributed by atoms with Gasteiger partial charge in [-0.2, -0.15) is 0 Å². The molecule has 0 unspecified atom stereocenters. The Morgan fingerprint density at radius 1 is 1.23 bits per heavy atom. The summed E-state index contributed by atoms with van der Waals surface area (Å²) in [5.41, 5.74) is -0.396. The zero-order valence-electron chi connectivity index (χ0n) is 17.0. The Morgan fingerprint density at radius 2 is 1.90 bits per heavy atom. The van der Waals surface area contributed by atoms with E-state index in [9.17, 15) is 19.5 Å². The molecule has 0 atom stereocenters. The van der Waals surface area contributed by atoms with Crippen molar-refractivity contribution in [3.63, 3.8) is 0 Å². The molecule has 2 aromatic rings. The van der Waals surface area contributed by atoms with Crippen LogP contribution in [0, 0.1) is 5.82 Å². The molecule has 9 heteroatoms. The van der Waals surface area contributed by atoms with Gasteiger partial charge in [-0.25, -0.2) is 9.18 Å². The van der Waals surface area contributed by atoms with E-state index in [1.54, 1.807) is 11.5 Å². The van der Waals surface area contributed by atoms with Crippen molar-refractivity contribution in [2.75, 3.05) is 44.7 Å². The highest BCUT2D eigenvalue weighted by molar-refractivity contribution is 5.97. The number of piperazine rings is 1. The maximum absolute atomic E-state index is 15.2. The fraction of sp³-hybridized carbons (Fsp3) is 0.476. The van der Waals surface area contributed by atoms with E-state index in [1.807, 2.05) is 9.80 Å². The lowest BCUT2D eigenvalue weighted by Crippen LogP contribution is -2.48. The molecule has 0 amide bonds. The summed E-state index contributed by atoms with van der Waals surface area (Å²) in [7, 11) is 1.43. The molecular formula is C21H24FN3O5. The molecule has 2 aliphatic rings. The van der Waals surface area contributed by atoms with Crippen molar-refractivity contribution in [1.29, 1.82) is 0 Å². The number of carboxylic acids is 1. The first-order valence-electron chi connectivity index (χ1n) is 9.97. The topological polar surface area (TPSA) is 92.1 Å². The smallest absolute Gasteiger partial charge is 0.341 e. The van der Waals surface area contributed by atoms with Crippen molar-refractivity contribution in [2.24, 2.45) is 0 Å². The van der Waals surface area contributed by atoms with Crippen LogP contribution in [0.2, 0.25) is 0 Å². The summed E-state index contributed by atoms with van der Waals surface area (Å²) in [5, 5.41) is 9.43. The number of carbonyl (C=O) groups excluding carboxylic acids is 1. The van der Waals surface area contributed by atoms with Crippen LogP contribution in [0.5, 0.6) is 5.75 Å². The lowest BCUT2D eigenvalue weighted by atomic mass is 10.1. The summed E-state index contributed by atoms with van der Waals surface area (Å²) in [6, 6.07) is 1.19. The number of ether oxygens (including phenoxy) is 1. The van der Waals surface area contributed by atoms with Gasteiger partial charge in [-0.15, -0.1) is 0 Å². The van der Waals surface area contributed by atoms with Gasteiger partial charge in [-0.1, -0.05) is 0 Å². The second-order valence-electron chi connectivity index (χ2n) is 7.92. The van der Waals surface area contributed by atoms with E-state index < -0.39 is 17.2 Å². The quantitative estimate of drug-likeness (QED) is 0.767. The minimum absolute atomic E-state index is 0.00937. The van der Waals surface area contributed by atoms with Gasteiger partial charge in [0.05, 0.1) is 24.6 Å². The molecule has 1 aromatic carbocycles. The van der Waals surface area contributed by atoms with Crippen molar-refractivity contribution in [3.05, 3.63) is 33.9 Å². The number of pyridine rings is 1. The summed E-state index contributed by atoms with van der Waals surface area (Å²) in [6.07, 6.45) is 3.06. The van der Waals surface area contributed by atoms with Crippen molar-refractivity contribution < 1.29 is 23.8 Å². The molecule has 0 radical (unpaired) electrons. The van der Waals surface area contributed by atoms with Crippen LogP contribution in [-0.2, 0) is 4.79 Å². The van der Waals surface area contributed by atoms with Gasteiger partial charge < -0.3 is 19.3 Å². The van der Waals surface area contributed by atoms with Crippen LogP contribution in [0.3, 0.4) is 0 Å². The Hall–Kier alpha value is -2.94. The Bertz CT molecular complexity index is 1080. The lowest BCUT2D eigenvalue weighted by molar-refractivity contribution is -0.118. The number of Topliss-reactive ketones (excluding diaryl/α,β-unsaturated/α-hetero) is 1. The Morgan fingerprint density at radius 3 is 2.43 bits per heavy atom. The van der Waals surface area contributed by atoms with Gasteiger partial charge in [0.2, 0.25) is 5.43 Å². The highest BCUT2D eigenvalue weighted by atomic mass is 19.1. The fourth-order valence-electron chi connectivity index (χ4n) is 4.17. The second-order valence-corrected chi connectivity index (χ2v) is 7.92. The van der Waals surface area contributed by atoms with E-state index in [0.29, 0.717) is 38.2 Å². The Balaban J connectivity index is 1.84. The number of methoxy groups -OCH3 is 1. The summed E-state index contributed by atoms with van der Waals surface area (Å²) < 4.78 is 22.6. The maximum atomic E-state index is 15.2. The van der Waals surface area contributed by atoms with Gasteiger partial charge >= 0.3 is 5.97 Å². The number of hydrogen-bond acceptors (Lipinski definition) is 6. The number of fused-ring (bicyclic) bond motifs is 1. The molecule has 1 aliphatic carbocycles. The third kappa shape index (κ3) is 3.54. The number of aromatic carboxylic acids is 1. The van der Waals surface area contributed by atoms with Crippen molar-refractivity contribution in [3.8, 4) is 5.75 Å². The van der Waals surface area contributed by atoms with E-state index in [-0.39, 0.29) is 34.2 Å². The van der Waals surface area contributed by atoms with Crippen molar-refractivity contribution >= 4 is 28.3 Å². The zero-order chi connectivity index (χ0) is 21.6. The highest BCUT2D eigenvalue weighted by Crippen LogP contribution is 2.43. The number of aromatic nitrogens is 1. The number of hydrogen-bond donors (Lipinski definition) is 1. The van der Waals surface area contributed by atoms with Gasteiger partial charge in [-0.3, -0.25) is 14.5 Å². The minimum atomic E-state index is -1.33. The predicted octanol–water partition coefficient (Wildman–Crippen LogP) is 1.89. The molecule has 1 N–H and O–H groups in total. The molecule has 0 bridgehead atoms. The summed E-state index contributed by atoms with van der Waals surface area (Å²) >= 11 is 0. The first-order valence-corrected chi connectivity index (χ1v) is 9.97. The van der Waals surface area contributed by atoms with Gasteiger partial charge in [0, 0.05) is 38.4 Å². The molecule has 0 spiro atoms. The Labute approximate surface area is 172 Å². The van der Waals surface area contributed by atoms with Crippen LogP contribution < -0.4 is 15.1 Å². The zero-order valence-corrected chi connectivity index (χ0v) is 17.0. The van der Waals surface area contributed by atoms with Crippen LogP contribution in [0.4, 0.5) is 10.1 Å². The largest absolute Gasteiger partial charge is 0.492 e. The minimum Gasteiger partial charge on any atom is -0.492 e. The third-order valence-electron chi connectivity index (χ3n) is 5.71. The molecule has 160 valence electrons. The number of ketones is 1. The maximum Gasteiger partial charge on any atom is 0.341 e. The monoisotopic (exact) mass is 417 g/mol. The summed E-state index contributed by atoms with van der Waals surface area (Å²) in [6.45, 7) is 4.13. The number of carbonyl (C=O) groups is 2. The van der Waals surface area contributed by atoms with Crippen molar-refractivity contribution in [2.45, 2.75) is 25.8 Å². The number of anilines is 1. The van der Waals surface area contributed by atoms with Crippen LogP contribution >= 0.6 is 0 Å². The molecule has 1 saturated heterocycles. The normalized spacial score (nSPS) is 17.4. The lowest BCUT2D eigenvalue weighted by Gasteiger charge is -2.36. The van der Waals surface area contributed by atoms with Gasteiger partial charge in [0.15, 0.2) is 11.6 Å². The third-order valence-corrected chi connectivity index (χ3v) is 5.71. The highest BCUT2D eigenvalue weighted by Gasteiger charge is 2.32. The SMILES string of the molecule is COc1c(N2CCN(CC(C)=O)CC2)c(F)cc2c(=O)c(C(=O)O)cn(C3CC3)c12. The molecule has 2 heterocycles. The predicted molar refractivity (Wildman–Crippen MR) is 109 cm³/mol. The van der Waals surface area contributed by atoms with Crippen molar-refractivity contribution in [1.82, 2.24) is 9.47 Å². The van der Waals surface area contributed by atoms with E-state index in [2.05, 4.69) is 0 Å². The number of halogens is 1. The number of nitrogens with zero attached hydrogens (tertiary/aromatic N) is 3. The molecule has 1 aliphatic heterocycles. The average Bonchev–Trinajstić information content (AvgIpc) is 3.53.